The number of hydrogen-bond donors (Lipinski definition) is 1. The van der Waals surface area contributed by atoms with E-state index in [0.29, 0.717) is 19.0 Å². The van der Waals surface area contributed by atoms with Crippen molar-refractivity contribution in [3.8, 4) is 0 Å². The lowest BCUT2D eigenvalue weighted by Gasteiger charge is -2.22. The van der Waals surface area contributed by atoms with Gasteiger partial charge in [0.1, 0.15) is 0 Å². The Hall–Kier alpha value is -1.10. The number of carbonyl (C=O) groups excluding carboxylic acids is 2. The molecule has 0 saturated carbocycles. The molecule has 5 nitrogen and oxygen atoms in total. The smallest absolute Gasteiger partial charge is 0.239 e. The lowest BCUT2D eigenvalue weighted by Crippen LogP contribution is -2.43. The zero-order valence-electron chi connectivity index (χ0n) is 11.6. The summed E-state index contributed by atoms with van der Waals surface area (Å²) in [6, 6.07) is 0. The van der Waals surface area contributed by atoms with Crippen molar-refractivity contribution in [2.75, 3.05) is 26.2 Å². The Bertz CT molecular complexity index is 286. The van der Waals surface area contributed by atoms with Crippen LogP contribution in [-0.4, -0.2) is 49.1 Å². The Labute approximate surface area is 109 Å². The van der Waals surface area contributed by atoms with E-state index in [0.717, 1.165) is 19.4 Å². The van der Waals surface area contributed by atoms with Gasteiger partial charge in [-0.05, 0) is 18.8 Å². The molecule has 5 heteroatoms. The number of ether oxygens (including phenoxy) is 1. The minimum atomic E-state index is -0.110. The summed E-state index contributed by atoms with van der Waals surface area (Å²) in [5.41, 5.74) is 0. The Balaban J connectivity index is 2.29. The van der Waals surface area contributed by atoms with Crippen molar-refractivity contribution in [3.63, 3.8) is 0 Å². The number of nitrogens with one attached hydrogen (secondary N) is 1. The third-order valence-electron chi connectivity index (χ3n) is 2.92. The van der Waals surface area contributed by atoms with Gasteiger partial charge >= 0.3 is 0 Å². The number of carbonyl (C=O) groups is 2. The molecule has 1 aliphatic rings. The van der Waals surface area contributed by atoms with Crippen molar-refractivity contribution in [1.29, 1.82) is 0 Å². The lowest BCUT2D eigenvalue weighted by molar-refractivity contribution is -0.135. The topological polar surface area (TPSA) is 58.6 Å². The summed E-state index contributed by atoms with van der Waals surface area (Å²) < 4.78 is 5.43. The first-order chi connectivity index (χ1) is 8.49. The van der Waals surface area contributed by atoms with E-state index in [1.807, 2.05) is 13.8 Å². The molecule has 0 aromatic rings. The summed E-state index contributed by atoms with van der Waals surface area (Å²) in [5.74, 6) is 0.192. The van der Waals surface area contributed by atoms with Gasteiger partial charge in [0.05, 0.1) is 12.6 Å². The van der Waals surface area contributed by atoms with Crippen LogP contribution in [0.15, 0.2) is 0 Å². The molecule has 0 radical (unpaired) electrons. The molecule has 0 aromatic carbocycles. The number of hydrogen-bond acceptors (Lipinski definition) is 3. The highest BCUT2D eigenvalue weighted by atomic mass is 16.5. The fourth-order valence-electron chi connectivity index (χ4n) is 2.01. The quantitative estimate of drug-likeness (QED) is 0.764. The third kappa shape index (κ3) is 5.49. The summed E-state index contributed by atoms with van der Waals surface area (Å²) in [5, 5.41) is 2.83. The summed E-state index contributed by atoms with van der Waals surface area (Å²) >= 11 is 0. The van der Waals surface area contributed by atoms with Gasteiger partial charge in [0, 0.05) is 26.6 Å². The fourth-order valence-corrected chi connectivity index (χ4v) is 2.01. The second kappa shape index (κ2) is 7.36. The molecule has 1 N–H and O–H groups in total. The standard InChI is InChI=1S/C13H24N2O3/c1-10(2)8-15(11(3)16)9-13(17)14-7-12-5-4-6-18-12/h10,12H,4-9H2,1-3H3,(H,14,17). The van der Waals surface area contributed by atoms with Crippen LogP contribution in [-0.2, 0) is 14.3 Å². The van der Waals surface area contributed by atoms with Gasteiger partial charge in [-0.2, -0.15) is 0 Å². The van der Waals surface area contributed by atoms with E-state index in [4.69, 9.17) is 4.74 Å². The highest BCUT2D eigenvalue weighted by Gasteiger charge is 2.18. The van der Waals surface area contributed by atoms with Crippen molar-refractivity contribution in [2.45, 2.75) is 39.7 Å². The minimum absolute atomic E-state index is 0.0593. The first kappa shape index (κ1) is 15.0. The van der Waals surface area contributed by atoms with Crippen molar-refractivity contribution in [2.24, 2.45) is 5.92 Å². The molecule has 0 bridgehead atoms. The molecular weight excluding hydrogens is 232 g/mol. The molecule has 0 aliphatic carbocycles. The van der Waals surface area contributed by atoms with Crippen LogP contribution in [0.4, 0.5) is 0 Å². The van der Waals surface area contributed by atoms with Gasteiger partial charge in [0.2, 0.25) is 11.8 Å². The number of amides is 2. The summed E-state index contributed by atoms with van der Waals surface area (Å²) in [7, 11) is 0. The normalized spacial score (nSPS) is 19.0. The maximum atomic E-state index is 11.7. The molecule has 1 unspecified atom stereocenters. The predicted octanol–water partition coefficient (Wildman–Crippen LogP) is 0.786. The van der Waals surface area contributed by atoms with Crippen LogP contribution in [0.3, 0.4) is 0 Å². The highest BCUT2D eigenvalue weighted by molar-refractivity contribution is 5.83. The van der Waals surface area contributed by atoms with Crippen LogP contribution in [0.25, 0.3) is 0 Å². The van der Waals surface area contributed by atoms with E-state index < -0.39 is 0 Å². The maximum Gasteiger partial charge on any atom is 0.239 e. The third-order valence-corrected chi connectivity index (χ3v) is 2.92. The molecule has 1 heterocycles. The highest BCUT2D eigenvalue weighted by Crippen LogP contribution is 2.10. The van der Waals surface area contributed by atoms with Gasteiger partial charge in [0.15, 0.2) is 0 Å². The molecule has 1 saturated heterocycles. The van der Waals surface area contributed by atoms with Gasteiger partial charge in [-0.15, -0.1) is 0 Å². The van der Waals surface area contributed by atoms with E-state index in [1.54, 1.807) is 4.90 Å². The molecule has 1 aliphatic heterocycles. The molecule has 1 rings (SSSR count). The second-order valence-corrected chi connectivity index (χ2v) is 5.23. The van der Waals surface area contributed by atoms with Gasteiger partial charge in [-0.25, -0.2) is 0 Å². The second-order valence-electron chi connectivity index (χ2n) is 5.23. The zero-order chi connectivity index (χ0) is 13.5. The van der Waals surface area contributed by atoms with Crippen LogP contribution in [0.2, 0.25) is 0 Å². The summed E-state index contributed by atoms with van der Waals surface area (Å²) in [4.78, 5) is 24.7. The van der Waals surface area contributed by atoms with Crippen LogP contribution < -0.4 is 5.32 Å². The molecule has 1 atom stereocenters. The predicted molar refractivity (Wildman–Crippen MR) is 69.1 cm³/mol. The summed E-state index contributed by atoms with van der Waals surface area (Å²) in [6.45, 7) is 7.64. The monoisotopic (exact) mass is 256 g/mol. The molecule has 18 heavy (non-hydrogen) atoms. The minimum Gasteiger partial charge on any atom is -0.376 e. The molecular formula is C13H24N2O3. The molecule has 104 valence electrons. The molecule has 1 fully saturated rings. The van der Waals surface area contributed by atoms with Crippen LogP contribution in [0.1, 0.15) is 33.6 Å². The van der Waals surface area contributed by atoms with Crippen molar-refractivity contribution in [1.82, 2.24) is 10.2 Å². The van der Waals surface area contributed by atoms with E-state index in [2.05, 4.69) is 5.32 Å². The van der Waals surface area contributed by atoms with Crippen molar-refractivity contribution < 1.29 is 14.3 Å². The maximum absolute atomic E-state index is 11.7. The Morgan fingerprint density at radius 1 is 1.44 bits per heavy atom. The van der Waals surface area contributed by atoms with Crippen molar-refractivity contribution >= 4 is 11.8 Å². The number of rotatable bonds is 6. The van der Waals surface area contributed by atoms with Gasteiger partial charge in [-0.1, -0.05) is 13.8 Å². The van der Waals surface area contributed by atoms with E-state index in [9.17, 15) is 9.59 Å². The SMILES string of the molecule is CC(=O)N(CC(=O)NCC1CCCO1)CC(C)C. The Kier molecular flexibility index (Phi) is 6.12. The summed E-state index contributed by atoms with van der Waals surface area (Å²) in [6.07, 6.45) is 2.21. The average Bonchev–Trinajstić information content (AvgIpc) is 2.77. The Morgan fingerprint density at radius 2 is 2.17 bits per heavy atom. The van der Waals surface area contributed by atoms with Crippen molar-refractivity contribution in [3.05, 3.63) is 0 Å². The van der Waals surface area contributed by atoms with E-state index >= 15 is 0 Å². The van der Waals surface area contributed by atoms with Crippen LogP contribution in [0, 0.1) is 5.92 Å². The first-order valence-corrected chi connectivity index (χ1v) is 6.63. The molecule has 2 amide bonds. The van der Waals surface area contributed by atoms with Gasteiger partial charge < -0.3 is 15.0 Å². The van der Waals surface area contributed by atoms with Crippen LogP contribution in [0.5, 0.6) is 0 Å². The molecule has 0 spiro atoms. The van der Waals surface area contributed by atoms with Gasteiger partial charge in [0.25, 0.3) is 0 Å². The van der Waals surface area contributed by atoms with Gasteiger partial charge in [-0.3, -0.25) is 9.59 Å². The molecule has 0 aromatic heterocycles. The number of nitrogens with zero attached hydrogens (tertiary/aromatic N) is 1. The largest absolute Gasteiger partial charge is 0.376 e. The van der Waals surface area contributed by atoms with E-state index in [-0.39, 0.29) is 24.5 Å². The Morgan fingerprint density at radius 3 is 2.67 bits per heavy atom. The fraction of sp³-hybridized carbons (Fsp3) is 0.846. The zero-order valence-corrected chi connectivity index (χ0v) is 11.6. The lowest BCUT2D eigenvalue weighted by atomic mass is 10.2. The average molecular weight is 256 g/mol. The van der Waals surface area contributed by atoms with E-state index in [1.165, 1.54) is 6.92 Å². The van der Waals surface area contributed by atoms with Crippen LogP contribution >= 0.6 is 0 Å². The first-order valence-electron chi connectivity index (χ1n) is 6.63.